The highest BCUT2D eigenvalue weighted by Gasteiger charge is 2.23. The molecule has 0 spiro atoms. The SMILES string of the molecule is CCCC(C)Oc1cc(-n2nc3n(c2=O)CCOC3)c(F)cc1C(=O)O. The summed E-state index contributed by atoms with van der Waals surface area (Å²) in [5, 5.41) is 13.4. The molecule has 2 aromatic rings. The Kier molecular flexibility index (Phi) is 5.08. The Morgan fingerprint density at radius 1 is 1.50 bits per heavy atom. The van der Waals surface area contributed by atoms with E-state index in [0.717, 1.165) is 17.2 Å². The number of aromatic carboxylic acids is 1. The molecule has 0 amide bonds. The minimum absolute atomic E-state index is 0.00368. The molecule has 2 heterocycles. The number of aromatic nitrogens is 3. The first-order valence-electron chi connectivity index (χ1n) is 8.42. The van der Waals surface area contributed by atoms with Crippen LogP contribution in [0.4, 0.5) is 4.39 Å². The average Bonchev–Trinajstić information content (AvgIpc) is 2.93. The van der Waals surface area contributed by atoms with Crippen LogP contribution in [0.3, 0.4) is 0 Å². The highest BCUT2D eigenvalue weighted by Crippen LogP contribution is 2.27. The molecule has 9 heteroatoms. The number of carbonyl (C=O) groups is 1. The molecule has 1 atom stereocenters. The van der Waals surface area contributed by atoms with E-state index >= 15 is 0 Å². The minimum atomic E-state index is -1.31. The fourth-order valence-corrected chi connectivity index (χ4v) is 2.90. The van der Waals surface area contributed by atoms with Crippen LogP contribution in [0.15, 0.2) is 16.9 Å². The van der Waals surface area contributed by atoms with Crippen molar-refractivity contribution in [2.45, 2.75) is 45.9 Å². The van der Waals surface area contributed by atoms with Gasteiger partial charge in [0.2, 0.25) is 0 Å². The van der Waals surface area contributed by atoms with Crippen molar-refractivity contribution in [2.24, 2.45) is 0 Å². The molecule has 1 unspecified atom stereocenters. The van der Waals surface area contributed by atoms with Gasteiger partial charge in [-0.05, 0) is 19.4 Å². The number of benzene rings is 1. The van der Waals surface area contributed by atoms with Crippen LogP contribution in [0.25, 0.3) is 5.69 Å². The number of fused-ring (bicyclic) bond motifs is 1. The molecule has 140 valence electrons. The molecular weight excluding hydrogens is 345 g/mol. The maximum absolute atomic E-state index is 14.5. The Hall–Kier alpha value is -2.68. The van der Waals surface area contributed by atoms with E-state index < -0.39 is 17.5 Å². The summed E-state index contributed by atoms with van der Waals surface area (Å²) in [6, 6.07) is 2.07. The number of carboxylic acid groups (broad SMARTS) is 1. The van der Waals surface area contributed by atoms with Crippen LogP contribution in [0.2, 0.25) is 0 Å². The molecule has 0 saturated heterocycles. The third-order valence-electron chi connectivity index (χ3n) is 4.16. The number of halogens is 1. The van der Waals surface area contributed by atoms with Crippen LogP contribution in [0.5, 0.6) is 5.75 Å². The van der Waals surface area contributed by atoms with Gasteiger partial charge in [-0.25, -0.2) is 14.0 Å². The van der Waals surface area contributed by atoms with Crippen LogP contribution in [0, 0.1) is 5.82 Å². The lowest BCUT2D eigenvalue weighted by Gasteiger charge is -2.17. The summed E-state index contributed by atoms with van der Waals surface area (Å²) < 4.78 is 27.8. The van der Waals surface area contributed by atoms with Gasteiger partial charge in [0.15, 0.2) is 5.82 Å². The zero-order valence-corrected chi connectivity index (χ0v) is 14.6. The summed E-state index contributed by atoms with van der Waals surface area (Å²) in [5.74, 6) is -1.77. The number of carboxylic acids is 1. The first-order valence-corrected chi connectivity index (χ1v) is 8.42. The van der Waals surface area contributed by atoms with E-state index in [0.29, 0.717) is 25.4 Å². The van der Waals surface area contributed by atoms with Crippen molar-refractivity contribution in [3.05, 3.63) is 39.8 Å². The fourth-order valence-electron chi connectivity index (χ4n) is 2.90. The van der Waals surface area contributed by atoms with Gasteiger partial charge in [-0.3, -0.25) is 4.57 Å². The highest BCUT2D eigenvalue weighted by atomic mass is 19.1. The van der Waals surface area contributed by atoms with E-state index in [9.17, 15) is 19.1 Å². The molecule has 0 aliphatic carbocycles. The maximum Gasteiger partial charge on any atom is 0.350 e. The lowest BCUT2D eigenvalue weighted by atomic mass is 10.1. The van der Waals surface area contributed by atoms with E-state index in [2.05, 4.69) is 5.10 Å². The van der Waals surface area contributed by atoms with Gasteiger partial charge >= 0.3 is 11.7 Å². The van der Waals surface area contributed by atoms with Crippen molar-refractivity contribution in [3.63, 3.8) is 0 Å². The zero-order chi connectivity index (χ0) is 18.8. The van der Waals surface area contributed by atoms with Gasteiger partial charge in [0.25, 0.3) is 0 Å². The van der Waals surface area contributed by atoms with E-state index in [4.69, 9.17) is 9.47 Å². The molecule has 1 aromatic heterocycles. The van der Waals surface area contributed by atoms with Crippen molar-refractivity contribution in [3.8, 4) is 11.4 Å². The van der Waals surface area contributed by atoms with Crippen LogP contribution in [-0.2, 0) is 17.9 Å². The smallest absolute Gasteiger partial charge is 0.350 e. The van der Waals surface area contributed by atoms with Crippen molar-refractivity contribution < 1.29 is 23.8 Å². The molecule has 1 N–H and O–H groups in total. The van der Waals surface area contributed by atoms with Gasteiger partial charge in [0, 0.05) is 6.07 Å². The second-order valence-electron chi connectivity index (χ2n) is 6.14. The quantitative estimate of drug-likeness (QED) is 0.841. The van der Waals surface area contributed by atoms with Gasteiger partial charge in [-0.1, -0.05) is 13.3 Å². The highest BCUT2D eigenvalue weighted by molar-refractivity contribution is 5.91. The van der Waals surface area contributed by atoms with E-state index in [1.807, 2.05) is 6.92 Å². The van der Waals surface area contributed by atoms with Crippen molar-refractivity contribution in [2.75, 3.05) is 6.61 Å². The molecule has 1 aliphatic rings. The van der Waals surface area contributed by atoms with E-state index in [-0.39, 0.29) is 29.7 Å². The summed E-state index contributed by atoms with van der Waals surface area (Å²) in [5.41, 5.74) is -0.951. The Labute approximate surface area is 148 Å². The summed E-state index contributed by atoms with van der Waals surface area (Å²) in [6.45, 7) is 4.65. The molecule has 3 rings (SSSR count). The van der Waals surface area contributed by atoms with Gasteiger partial charge in [-0.15, -0.1) is 5.10 Å². The largest absolute Gasteiger partial charge is 0.490 e. The fraction of sp³-hybridized carbons (Fsp3) is 0.471. The van der Waals surface area contributed by atoms with E-state index in [1.165, 1.54) is 10.6 Å². The normalized spacial score (nSPS) is 14.7. The predicted molar refractivity (Wildman–Crippen MR) is 89.4 cm³/mol. The second-order valence-corrected chi connectivity index (χ2v) is 6.14. The Morgan fingerprint density at radius 2 is 2.27 bits per heavy atom. The third kappa shape index (κ3) is 3.34. The van der Waals surface area contributed by atoms with Crippen molar-refractivity contribution >= 4 is 5.97 Å². The first-order chi connectivity index (χ1) is 12.4. The van der Waals surface area contributed by atoms with E-state index in [1.54, 1.807) is 6.92 Å². The Morgan fingerprint density at radius 3 is 2.92 bits per heavy atom. The summed E-state index contributed by atoms with van der Waals surface area (Å²) in [7, 11) is 0. The van der Waals surface area contributed by atoms with Crippen molar-refractivity contribution in [1.29, 1.82) is 0 Å². The number of rotatable bonds is 6. The summed E-state index contributed by atoms with van der Waals surface area (Å²) >= 11 is 0. The maximum atomic E-state index is 14.5. The minimum Gasteiger partial charge on any atom is -0.490 e. The molecule has 0 bridgehead atoms. The van der Waals surface area contributed by atoms with Gasteiger partial charge in [-0.2, -0.15) is 4.68 Å². The number of ether oxygens (including phenoxy) is 2. The van der Waals surface area contributed by atoms with Gasteiger partial charge in [0.05, 0.1) is 19.3 Å². The average molecular weight is 365 g/mol. The molecule has 26 heavy (non-hydrogen) atoms. The first kappa shape index (κ1) is 18.1. The topological polar surface area (TPSA) is 95.6 Å². The second kappa shape index (κ2) is 7.28. The van der Waals surface area contributed by atoms with Gasteiger partial charge in [0.1, 0.15) is 29.4 Å². The molecule has 1 aliphatic heterocycles. The number of hydrogen-bond acceptors (Lipinski definition) is 5. The van der Waals surface area contributed by atoms with Crippen LogP contribution >= 0.6 is 0 Å². The molecular formula is C17H20FN3O5. The predicted octanol–water partition coefficient (Wildman–Crippen LogP) is 1.97. The summed E-state index contributed by atoms with van der Waals surface area (Å²) in [4.78, 5) is 23.9. The number of nitrogens with zero attached hydrogens (tertiary/aromatic N) is 3. The lowest BCUT2D eigenvalue weighted by molar-refractivity contribution is 0.0688. The van der Waals surface area contributed by atoms with Crippen molar-refractivity contribution in [1.82, 2.24) is 14.3 Å². The molecule has 0 saturated carbocycles. The number of hydrogen-bond donors (Lipinski definition) is 1. The lowest BCUT2D eigenvalue weighted by Crippen LogP contribution is -2.29. The van der Waals surface area contributed by atoms with Gasteiger partial charge < -0.3 is 14.6 Å². The Balaban J connectivity index is 2.09. The molecule has 0 radical (unpaired) electrons. The standard InChI is InChI=1S/C17H20FN3O5/c1-3-4-10(2)26-14-8-13(12(18)7-11(14)16(22)23)21-17(24)20-5-6-25-9-15(20)19-21/h7-8,10H,3-6,9H2,1-2H3,(H,22,23). The monoisotopic (exact) mass is 365 g/mol. The van der Waals surface area contributed by atoms with Crippen LogP contribution in [0.1, 0.15) is 42.9 Å². The Bertz CT molecular complexity index is 889. The third-order valence-corrected chi connectivity index (χ3v) is 4.16. The van der Waals surface area contributed by atoms with Crippen LogP contribution in [-0.4, -0.2) is 38.1 Å². The zero-order valence-electron chi connectivity index (χ0n) is 14.6. The molecule has 0 fully saturated rings. The molecule has 1 aromatic carbocycles. The molecule has 8 nitrogen and oxygen atoms in total. The summed E-state index contributed by atoms with van der Waals surface area (Å²) in [6.07, 6.45) is 1.31. The van der Waals surface area contributed by atoms with Crippen LogP contribution < -0.4 is 10.4 Å².